The molecule has 1 N–H and O–H groups in total. The van der Waals surface area contributed by atoms with Crippen LogP contribution in [0.25, 0.3) is 0 Å². The predicted octanol–water partition coefficient (Wildman–Crippen LogP) is 2.64. The highest BCUT2D eigenvalue weighted by Crippen LogP contribution is 2.16. The summed E-state index contributed by atoms with van der Waals surface area (Å²) in [4.78, 5) is 0. The summed E-state index contributed by atoms with van der Waals surface area (Å²) in [5, 5.41) is 3.62. The van der Waals surface area contributed by atoms with Gasteiger partial charge in [0.1, 0.15) is 5.75 Å². The largest absolute Gasteiger partial charge is 0.497 e. The third-order valence-electron chi connectivity index (χ3n) is 3.85. The molecule has 0 aliphatic carbocycles. The van der Waals surface area contributed by atoms with E-state index in [0.717, 1.165) is 31.7 Å². The van der Waals surface area contributed by atoms with E-state index < -0.39 is 0 Å². The van der Waals surface area contributed by atoms with Crippen LogP contribution in [0, 0.1) is 5.92 Å². The summed E-state index contributed by atoms with van der Waals surface area (Å²) in [5.41, 5.74) is 1.37. The van der Waals surface area contributed by atoms with Gasteiger partial charge in [-0.15, -0.1) is 0 Å². The molecule has 0 aromatic heterocycles. The molecule has 0 unspecified atom stereocenters. The van der Waals surface area contributed by atoms with Crippen molar-refractivity contribution in [3.63, 3.8) is 0 Å². The van der Waals surface area contributed by atoms with Crippen molar-refractivity contribution in [1.29, 1.82) is 0 Å². The van der Waals surface area contributed by atoms with Crippen LogP contribution >= 0.6 is 0 Å². The van der Waals surface area contributed by atoms with Crippen molar-refractivity contribution in [3.8, 4) is 5.75 Å². The first-order valence-corrected chi connectivity index (χ1v) is 7.17. The Morgan fingerprint density at radius 3 is 2.68 bits per heavy atom. The molecule has 1 heterocycles. The highest BCUT2D eigenvalue weighted by Gasteiger charge is 2.23. The zero-order valence-corrected chi connectivity index (χ0v) is 12.2. The first-order chi connectivity index (χ1) is 9.19. The van der Waals surface area contributed by atoms with Crippen LogP contribution in [0.15, 0.2) is 24.3 Å². The number of benzene rings is 1. The molecular formula is C16H25NO2. The molecule has 1 aliphatic rings. The molecule has 2 rings (SSSR count). The Morgan fingerprint density at radius 1 is 1.37 bits per heavy atom. The van der Waals surface area contributed by atoms with Crippen molar-refractivity contribution in [2.24, 2.45) is 5.92 Å². The van der Waals surface area contributed by atoms with Gasteiger partial charge < -0.3 is 14.8 Å². The van der Waals surface area contributed by atoms with E-state index in [1.165, 1.54) is 5.56 Å². The van der Waals surface area contributed by atoms with Gasteiger partial charge >= 0.3 is 0 Å². The second kappa shape index (κ2) is 6.92. The van der Waals surface area contributed by atoms with Gasteiger partial charge in [-0.05, 0) is 49.9 Å². The number of hydrogen-bond donors (Lipinski definition) is 1. The average Bonchev–Trinajstić information content (AvgIpc) is 2.83. The van der Waals surface area contributed by atoms with E-state index in [9.17, 15) is 0 Å². The van der Waals surface area contributed by atoms with Crippen molar-refractivity contribution in [2.45, 2.75) is 38.8 Å². The third kappa shape index (κ3) is 4.22. The van der Waals surface area contributed by atoms with Gasteiger partial charge in [0.25, 0.3) is 0 Å². The van der Waals surface area contributed by atoms with Crippen molar-refractivity contribution in [2.75, 3.05) is 20.3 Å². The van der Waals surface area contributed by atoms with Crippen LogP contribution in [-0.4, -0.2) is 32.4 Å². The lowest BCUT2D eigenvalue weighted by atomic mass is 10.0. The number of ether oxygens (including phenoxy) is 2. The lowest BCUT2D eigenvalue weighted by Crippen LogP contribution is -2.37. The molecule has 19 heavy (non-hydrogen) atoms. The maximum atomic E-state index is 5.57. The molecule has 1 fully saturated rings. The minimum Gasteiger partial charge on any atom is -0.497 e. The van der Waals surface area contributed by atoms with Crippen LogP contribution < -0.4 is 10.1 Å². The molecule has 0 bridgehead atoms. The monoisotopic (exact) mass is 263 g/mol. The van der Waals surface area contributed by atoms with Gasteiger partial charge in [0.05, 0.1) is 13.2 Å². The van der Waals surface area contributed by atoms with Gasteiger partial charge in [-0.25, -0.2) is 0 Å². The quantitative estimate of drug-likeness (QED) is 0.856. The average molecular weight is 263 g/mol. The van der Waals surface area contributed by atoms with Crippen LogP contribution in [0.4, 0.5) is 0 Å². The summed E-state index contributed by atoms with van der Waals surface area (Å²) in [7, 11) is 1.70. The molecule has 106 valence electrons. The van der Waals surface area contributed by atoms with Crippen LogP contribution in [0.5, 0.6) is 5.75 Å². The van der Waals surface area contributed by atoms with Gasteiger partial charge in [-0.2, -0.15) is 0 Å². The Balaban J connectivity index is 1.75. The van der Waals surface area contributed by atoms with E-state index in [2.05, 4.69) is 31.3 Å². The molecular weight excluding hydrogens is 238 g/mol. The Hall–Kier alpha value is -1.06. The van der Waals surface area contributed by atoms with E-state index in [4.69, 9.17) is 9.47 Å². The van der Waals surface area contributed by atoms with E-state index in [1.807, 2.05) is 12.1 Å². The fourth-order valence-corrected chi connectivity index (χ4v) is 2.59. The van der Waals surface area contributed by atoms with Gasteiger partial charge in [-0.1, -0.05) is 19.1 Å². The van der Waals surface area contributed by atoms with Crippen molar-refractivity contribution < 1.29 is 9.47 Å². The van der Waals surface area contributed by atoms with Gasteiger partial charge in [-0.3, -0.25) is 0 Å². The minimum atomic E-state index is 0.355. The highest BCUT2D eigenvalue weighted by atomic mass is 16.5. The lowest BCUT2D eigenvalue weighted by Gasteiger charge is -2.19. The summed E-state index contributed by atoms with van der Waals surface area (Å²) < 4.78 is 10.7. The fraction of sp³-hybridized carbons (Fsp3) is 0.625. The molecule has 1 aliphatic heterocycles. The summed E-state index contributed by atoms with van der Waals surface area (Å²) >= 11 is 0. The molecule has 1 saturated heterocycles. The molecule has 1 aromatic rings. The standard InChI is InChI=1S/C16H25NO2/c1-12(11-17-16-8-9-19-13(16)2)10-14-4-6-15(18-3)7-5-14/h4-7,12-13,16-17H,8-11H2,1-3H3/t12-,13+,16+/m0/s1. The Kier molecular flexibility index (Phi) is 5.23. The maximum absolute atomic E-state index is 5.57. The number of rotatable bonds is 6. The predicted molar refractivity (Wildman–Crippen MR) is 77.7 cm³/mol. The Bertz CT molecular complexity index is 377. The normalized spacial score (nSPS) is 24.4. The van der Waals surface area contributed by atoms with Crippen molar-refractivity contribution >= 4 is 0 Å². The van der Waals surface area contributed by atoms with E-state index in [0.29, 0.717) is 18.1 Å². The van der Waals surface area contributed by atoms with E-state index >= 15 is 0 Å². The Morgan fingerprint density at radius 2 is 2.11 bits per heavy atom. The summed E-state index contributed by atoms with van der Waals surface area (Å²) in [6.07, 6.45) is 2.59. The van der Waals surface area contributed by atoms with Crippen LogP contribution in [0.1, 0.15) is 25.8 Å². The number of nitrogens with one attached hydrogen (secondary N) is 1. The molecule has 0 spiro atoms. The third-order valence-corrected chi connectivity index (χ3v) is 3.85. The van der Waals surface area contributed by atoms with Crippen LogP contribution in [0.3, 0.4) is 0 Å². The van der Waals surface area contributed by atoms with Gasteiger partial charge in [0.15, 0.2) is 0 Å². The molecule has 3 atom stereocenters. The molecule has 1 aromatic carbocycles. The van der Waals surface area contributed by atoms with Crippen molar-refractivity contribution in [3.05, 3.63) is 29.8 Å². The van der Waals surface area contributed by atoms with Gasteiger partial charge in [0.2, 0.25) is 0 Å². The van der Waals surface area contributed by atoms with Gasteiger partial charge in [0, 0.05) is 12.6 Å². The first kappa shape index (κ1) is 14.4. The summed E-state index contributed by atoms with van der Waals surface area (Å²) in [6, 6.07) is 8.89. The second-order valence-corrected chi connectivity index (χ2v) is 5.54. The highest BCUT2D eigenvalue weighted by molar-refractivity contribution is 5.27. The fourth-order valence-electron chi connectivity index (χ4n) is 2.59. The molecule has 0 radical (unpaired) electrons. The topological polar surface area (TPSA) is 30.5 Å². The minimum absolute atomic E-state index is 0.355. The smallest absolute Gasteiger partial charge is 0.118 e. The molecule has 0 saturated carbocycles. The molecule has 3 nitrogen and oxygen atoms in total. The Labute approximate surface area is 116 Å². The number of hydrogen-bond acceptors (Lipinski definition) is 3. The first-order valence-electron chi connectivity index (χ1n) is 7.17. The molecule has 0 amide bonds. The zero-order valence-electron chi connectivity index (χ0n) is 12.2. The zero-order chi connectivity index (χ0) is 13.7. The molecule has 3 heteroatoms. The van der Waals surface area contributed by atoms with E-state index in [-0.39, 0.29) is 0 Å². The van der Waals surface area contributed by atoms with Crippen LogP contribution in [0.2, 0.25) is 0 Å². The van der Waals surface area contributed by atoms with Crippen molar-refractivity contribution in [1.82, 2.24) is 5.32 Å². The van der Waals surface area contributed by atoms with Crippen LogP contribution in [-0.2, 0) is 11.2 Å². The maximum Gasteiger partial charge on any atom is 0.118 e. The second-order valence-electron chi connectivity index (χ2n) is 5.54. The summed E-state index contributed by atoms with van der Waals surface area (Å²) in [6.45, 7) is 6.38. The lowest BCUT2D eigenvalue weighted by molar-refractivity contribution is 0.112. The van der Waals surface area contributed by atoms with E-state index in [1.54, 1.807) is 7.11 Å². The number of methoxy groups -OCH3 is 1. The SMILES string of the molecule is COc1ccc(C[C@H](C)CN[C@@H]2CCO[C@@H]2C)cc1. The summed E-state index contributed by atoms with van der Waals surface area (Å²) in [5.74, 6) is 1.55.